The Bertz CT molecular complexity index is 848. The van der Waals surface area contributed by atoms with Crippen molar-refractivity contribution in [3.8, 4) is 0 Å². The van der Waals surface area contributed by atoms with Gasteiger partial charge in [0, 0.05) is 44.5 Å². The maximum Gasteiger partial charge on any atom is 0.181 e. The lowest BCUT2D eigenvalue weighted by atomic mass is 10.0. The van der Waals surface area contributed by atoms with Crippen molar-refractivity contribution in [3.05, 3.63) is 71.4 Å². The average Bonchev–Trinajstić information content (AvgIpc) is 3.20. The number of aryl methyl sites for hydroxylation is 1. The Kier molecular flexibility index (Phi) is 6.44. The Labute approximate surface area is 159 Å². The van der Waals surface area contributed by atoms with Crippen LogP contribution in [0.25, 0.3) is 0 Å². The van der Waals surface area contributed by atoms with Crippen LogP contribution < -0.4 is 5.43 Å². The standard InChI is InChI=1S/C21H24N4O2/c1-16-6-3-11-22-20(16)18(26)8-2-9-19(27)21-17(7-4-12-23-21)10-15-25-14-5-13-24-25/h3-7,11-12,14,24H,2,8-10,13,15H2,1H3. The van der Waals surface area contributed by atoms with E-state index < -0.39 is 0 Å². The highest BCUT2D eigenvalue weighted by Crippen LogP contribution is 2.14. The maximum atomic E-state index is 12.6. The molecule has 0 amide bonds. The highest BCUT2D eigenvalue weighted by atomic mass is 16.1. The molecule has 2 aromatic rings. The van der Waals surface area contributed by atoms with E-state index in [4.69, 9.17) is 0 Å². The highest BCUT2D eigenvalue weighted by Gasteiger charge is 2.16. The van der Waals surface area contributed by atoms with Crippen molar-refractivity contribution in [2.45, 2.75) is 32.6 Å². The molecule has 0 bridgehead atoms. The molecule has 0 radical (unpaired) electrons. The van der Waals surface area contributed by atoms with Gasteiger partial charge in [0.1, 0.15) is 11.4 Å². The predicted molar refractivity (Wildman–Crippen MR) is 103 cm³/mol. The Morgan fingerprint density at radius 3 is 2.48 bits per heavy atom. The fourth-order valence-corrected chi connectivity index (χ4v) is 3.11. The molecule has 3 rings (SSSR count). The van der Waals surface area contributed by atoms with Gasteiger partial charge in [-0.05, 0) is 43.0 Å². The third-order valence-electron chi connectivity index (χ3n) is 4.56. The van der Waals surface area contributed by atoms with Crippen LogP contribution >= 0.6 is 0 Å². The SMILES string of the molecule is Cc1cccnc1C(=O)CCCC(=O)c1ncccc1CCN1C=CCN1. The van der Waals surface area contributed by atoms with Gasteiger partial charge in [0.15, 0.2) is 11.6 Å². The molecule has 0 aromatic carbocycles. The first-order chi connectivity index (χ1) is 13.1. The van der Waals surface area contributed by atoms with Crippen molar-refractivity contribution in [2.75, 3.05) is 13.1 Å². The van der Waals surface area contributed by atoms with Crippen LogP contribution in [0.1, 0.15) is 51.4 Å². The van der Waals surface area contributed by atoms with Crippen LogP contribution in [0.2, 0.25) is 0 Å². The lowest BCUT2D eigenvalue weighted by Gasteiger charge is -2.16. The quantitative estimate of drug-likeness (QED) is 0.690. The molecule has 0 aliphatic carbocycles. The van der Waals surface area contributed by atoms with E-state index in [0.29, 0.717) is 30.7 Å². The molecule has 1 aliphatic rings. The van der Waals surface area contributed by atoms with Crippen molar-refractivity contribution in [1.29, 1.82) is 0 Å². The van der Waals surface area contributed by atoms with E-state index in [2.05, 4.69) is 21.5 Å². The minimum atomic E-state index is -0.0194. The van der Waals surface area contributed by atoms with Crippen LogP contribution in [-0.2, 0) is 6.42 Å². The highest BCUT2D eigenvalue weighted by molar-refractivity contribution is 5.97. The minimum Gasteiger partial charge on any atom is -0.315 e. The summed E-state index contributed by atoms with van der Waals surface area (Å²) in [5, 5.41) is 2.01. The Hall–Kier alpha value is -2.86. The second-order valence-corrected chi connectivity index (χ2v) is 6.57. The number of rotatable bonds is 9. The van der Waals surface area contributed by atoms with Crippen molar-refractivity contribution in [3.63, 3.8) is 0 Å². The first-order valence-electron chi connectivity index (χ1n) is 9.24. The number of nitrogens with zero attached hydrogens (tertiary/aromatic N) is 3. The molecule has 6 nitrogen and oxygen atoms in total. The summed E-state index contributed by atoms with van der Waals surface area (Å²) >= 11 is 0. The van der Waals surface area contributed by atoms with Crippen molar-refractivity contribution in [2.24, 2.45) is 0 Å². The van der Waals surface area contributed by atoms with Gasteiger partial charge in [-0.15, -0.1) is 0 Å². The third-order valence-corrected chi connectivity index (χ3v) is 4.56. The van der Waals surface area contributed by atoms with Crippen molar-refractivity contribution < 1.29 is 9.59 Å². The molecule has 0 spiro atoms. The molecule has 0 saturated carbocycles. The molecule has 140 valence electrons. The molecule has 6 heteroatoms. The molecular formula is C21H24N4O2. The van der Waals surface area contributed by atoms with Crippen LogP contribution in [0.15, 0.2) is 48.9 Å². The zero-order chi connectivity index (χ0) is 19.1. The smallest absolute Gasteiger partial charge is 0.181 e. The number of nitrogens with one attached hydrogen (secondary N) is 1. The monoisotopic (exact) mass is 364 g/mol. The molecule has 0 atom stereocenters. The number of aromatic nitrogens is 2. The summed E-state index contributed by atoms with van der Waals surface area (Å²) < 4.78 is 0. The van der Waals surface area contributed by atoms with E-state index in [1.165, 1.54) is 0 Å². The lowest BCUT2D eigenvalue weighted by molar-refractivity contribution is 0.0951. The largest absolute Gasteiger partial charge is 0.315 e. The van der Waals surface area contributed by atoms with E-state index >= 15 is 0 Å². The van der Waals surface area contributed by atoms with Gasteiger partial charge in [-0.1, -0.05) is 18.2 Å². The molecule has 3 heterocycles. The minimum absolute atomic E-state index is 0.0129. The van der Waals surface area contributed by atoms with Gasteiger partial charge < -0.3 is 5.01 Å². The van der Waals surface area contributed by atoms with Crippen LogP contribution in [0.4, 0.5) is 0 Å². The Morgan fingerprint density at radius 2 is 1.78 bits per heavy atom. The van der Waals surface area contributed by atoms with E-state index in [1.807, 2.05) is 42.4 Å². The number of Topliss-reactive ketones (excluding diaryl/α,β-unsaturated/α-hetero) is 2. The summed E-state index contributed by atoms with van der Waals surface area (Å²) in [5.41, 5.74) is 6.03. The topological polar surface area (TPSA) is 75.2 Å². The molecule has 1 N–H and O–H groups in total. The van der Waals surface area contributed by atoms with E-state index in [-0.39, 0.29) is 11.6 Å². The normalized spacial score (nSPS) is 13.1. The van der Waals surface area contributed by atoms with Gasteiger partial charge in [-0.3, -0.25) is 19.6 Å². The summed E-state index contributed by atoms with van der Waals surface area (Å²) in [5.74, 6) is -0.0323. The number of hydrogen-bond donors (Lipinski definition) is 1. The predicted octanol–water partition coefficient (Wildman–Crippen LogP) is 2.90. The Balaban J connectivity index is 1.54. The zero-order valence-corrected chi connectivity index (χ0v) is 15.5. The zero-order valence-electron chi connectivity index (χ0n) is 15.5. The second-order valence-electron chi connectivity index (χ2n) is 6.57. The van der Waals surface area contributed by atoms with E-state index in [9.17, 15) is 9.59 Å². The van der Waals surface area contributed by atoms with Crippen molar-refractivity contribution >= 4 is 11.6 Å². The van der Waals surface area contributed by atoms with E-state index in [1.54, 1.807) is 12.4 Å². The number of ketones is 2. The Morgan fingerprint density at radius 1 is 1.07 bits per heavy atom. The summed E-state index contributed by atoms with van der Waals surface area (Å²) in [6.45, 7) is 3.48. The first kappa shape index (κ1) is 18.9. The maximum absolute atomic E-state index is 12.6. The fraction of sp³-hybridized carbons (Fsp3) is 0.333. The summed E-state index contributed by atoms with van der Waals surface area (Å²) in [4.78, 5) is 33.3. The van der Waals surface area contributed by atoms with E-state index in [0.717, 1.165) is 30.6 Å². The van der Waals surface area contributed by atoms with Crippen LogP contribution in [0.3, 0.4) is 0 Å². The van der Waals surface area contributed by atoms with Crippen LogP contribution in [-0.4, -0.2) is 39.6 Å². The summed E-state index contributed by atoms with van der Waals surface area (Å²) in [6.07, 6.45) is 9.18. The molecule has 1 aliphatic heterocycles. The average molecular weight is 364 g/mol. The first-order valence-corrected chi connectivity index (χ1v) is 9.24. The van der Waals surface area contributed by atoms with Crippen LogP contribution in [0, 0.1) is 6.92 Å². The summed E-state index contributed by atoms with van der Waals surface area (Å²) in [7, 11) is 0. The van der Waals surface area contributed by atoms with Gasteiger partial charge in [-0.2, -0.15) is 0 Å². The number of hydrazine groups is 1. The molecule has 2 aromatic heterocycles. The van der Waals surface area contributed by atoms with Gasteiger partial charge in [0.2, 0.25) is 0 Å². The van der Waals surface area contributed by atoms with Gasteiger partial charge in [0.25, 0.3) is 0 Å². The number of pyridine rings is 2. The number of carbonyl (C=O) groups excluding carboxylic acids is 2. The number of hydrogen-bond acceptors (Lipinski definition) is 6. The van der Waals surface area contributed by atoms with Gasteiger partial charge in [0.05, 0.1) is 0 Å². The van der Waals surface area contributed by atoms with Gasteiger partial charge >= 0.3 is 0 Å². The summed E-state index contributed by atoms with van der Waals surface area (Å²) in [6, 6.07) is 7.48. The fourth-order valence-electron chi connectivity index (χ4n) is 3.11. The van der Waals surface area contributed by atoms with Crippen molar-refractivity contribution in [1.82, 2.24) is 20.4 Å². The number of carbonyl (C=O) groups is 2. The lowest BCUT2D eigenvalue weighted by Crippen LogP contribution is -2.30. The molecule has 0 unspecified atom stereocenters. The molecule has 0 saturated heterocycles. The second kappa shape index (κ2) is 9.19. The van der Waals surface area contributed by atoms with Gasteiger partial charge in [-0.25, -0.2) is 5.43 Å². The molecule has 0 fully saturated rings. The third kappa shape index (κ3) is 5.08. The molecular weight excluding hydrogens is 340 g/mol. The molecule has 27 heavy (non-hydrogen) atoms. The van der Waals surface area contributed by atoms with Crippen LogP contribution in [0.5, 0.6) is 0 Å².